The number of fused-ring (bicyclic) bond motifs is 1. The van der Waals surface area contributed by atoms with E-state index in [2.05, 4.69) is 10.3 Å². The highest BCUT2D eigenvalue weighted by molar-refractivity contribution is 6.00. The molecule has 1 saturated carbocycles. The van der Waals surface area contributed by atoms with Crippen molar-refractivity contribution in [3.8, 4) is 0 Å². The zero-order chi connectivity index (χ0) is 20.4. The number of ketones is 1. The Kier molecular flexibility index (Phi) is 5.25. The van der Waals surface area contributed by atoms with Crippen molar-refractivity contribution in [1.29, 1.82) is 0 Å². The summed E-state index contributed by atoms with van der Waals surface area (Å²) in [6.07, 6.45) is 7.07. The zero-order valence-electron chi connectivity index (χ0n) is 16.4. The molecule has 1 amide bonds. The second-order valence-corrected chi connectivity index (χ2v) is 7.57. The third-order valence-electron chi connectivity index (χ3n) is 5.66. The monoisotopic (exact) mass is 389 g/mol. The standard InChI is InChI=1S/C23H23N3O3/c1-24-22(28)19-12-17(21(27)11-15-5-2-6-15)14-26(23(19)29)13-16-7-3-9-20-18(16)8-4-10-25-20/h3-4,7-10,12,14-15H,2,5-6,11,13H2,1H3,(H,24,28). The summed E-state index contributed by atoms with van der Waals surface area (Å²) < 4.78 is 1.46. The Bertz CT molecular complexity index is 1140. The predicted molar refractivity (Wildman–Crippen MR) is 111 cm³/mol. The lowest BCUT2D eigenvalue weighted by Crippen LogP contribution is -2.32. The van der Waals surface area contributed by atoms with Gasteiger partial charge >= 0.3 is 0 Å². The maximum atomic E-state index is 12.9. The van der Waals surface area contributed by atoms with E-state index < -0.39 is 11.5 Å². The molecule has 0 aliphatic heterocycles. The van der Waals surface area contributed by atoms with Gasteiger partial charge in [-0.1, -0.05) is 37.5 Å². The van der Waals surface area contributed by atoms with Crippen molar-refractivity contribution in [2.24, 2.45) is 5.92 Å². The molecule has 29 heavy (non-hydrogen) atoms. The molecule has 0 bridgehead atoms. The summed E-state index contributed by atoms with van der Waals surface area (Å²) in [5, 5.41) is 3.44. The molecule has 1 aliphatic rings. The Morgan fingerprint density at radius 2 is 2.03 bits per heavy atom. The number of aromatic nitrogens is 2. The Labute approximate surface area is 168 Å². The van der Waals surface area contributed by atoms with Crippen molar-refractivity contribution in [2.45, 2.75) is 32.2 Å². The van der Waals surface area contributed by atoms with Gasteiger partial charge in [-0.25, -0.2) is 0 Å². The summed E-state index contributed by atoms with van der Waals surface area (Å²) in [6.45, 7) is 0.260. The maximum Gasteiger partial charge on any atom is 0.263 e. The van der Waals surface area contributed by atoms with Crippen LogP contribution in [0.1, 0.15) is 52.0 Å². The molecule has 6 heteroatoms. The summed E-state index contributed by atoms with van der Waals surface area (Å²) in [6, 6.07) is 11.0. The van der Waals surface area contributed by atoms with Crippen molar-refractivity contribution in [2.75, 3.05) is 7.05 Å². The fraction of sp³-hybridized carbons (Fsp3) is 0.304. The SMILES string of the molecule is CNC(=O)c1cc(C(=O)CC2CCC2)cn(Cc2cccc3ncccc23)c1=O. The topological polar surface area (TPSA) is 81.1 Å². The van der Waals surface area contributed by atoms with E-state index in [-0.39, 0.29) is 17.9 Å². The van der Waals surface area contributed by atoms with Crippen LogP contribution in [-0.2, 0) is 6.54 Å². The molecule has 1 aliphatic carbocycles. The molecular weight excluding hydrogens is 366 g/mol. The average molecular weight is 389 g/mol. The first-order chi connectivity index (χ1) is 14.1. The number of amides is 1. The number of hydrogen-bond donors (Lipinski definition) is 1. The molecule has 0 spiro atoms. The fourth-order valence-corrected chi connectivity index (χ4v) is 3.77. The van der Waals surface area contributed by atoms with Gasteiger partial charge in [0.25, 0.3) is 11.5 Å². The lowest BCUT2D eigenvalue weighted by atomic mass is 9.81. The van der Waals surface area contributed by atoms with E-state index in [1.54, 1.807) is 12.4 Å². The molecule has 1 N–H and O–H groups in total. The van der Waals surface area contributed by atoms with Crippen LogP contribution < -0.4 is 10.9 Å². The molecule has 0 atom stereocenters. The molecule has 3 aromatic rings. The highest BCUT2D eigenvalue weighted by atomic mass is 16.2. The van der Waals surface area contributed by atoms with E-state index >= 15 is 0 Å². The molecule has 4 rings (SSSR count). The van der Waals surface area contributed by atoms with E-state index in [1.165, 1.54) is 17.7 Å². The molecule has 0 unspecified atom stereocenters. The molecule has 0 saturated heterocycles. The molecule has 2 aromatic heterocycles. The highest BCUT2D eigenvalue weighted by Gasteiger charge is 2.23. The van der Waals surface area contributed by atoms with Gasteiger partial charge < -0.3 is 9.88 Å². The number of rotatable bonds is 6. The van der Waals surface area contributed by atoms with Gasteiger partial charge in [0.1, 0.15) is 5.56 Å². The van der Waals surface area contributed by atoms with Crippen LogP contribution in [0.15, 0.2) is 53.6 Å². The van der Waals surface area contributed by atoms with Gasteiger partial charge in [-0.3, -0.25) is 19.4 Å². The Balaban J connectivity index is 1.76. The smallest absolute Gasteiger partial charge is 0.263 e. The number of hydrogen-bond acceptors (Lipinski definition) is 4. The Morgan fingerprint density at radius 1 is 1.21 bits per heavy atom. The number of carbonyl (C=O) groups excluding carboxylic acids is 2. The average Bonchev–Trinajstić information content (AvgIpc) is 2.71. The number of carbonyl (C=O) groups is 2. The third-order valence-corrected chi connectivity index (χ3v) is 5.66. The fourth-order valence-electron chi connectivity index (χ4n) is 3.77. The number of nitrogens with zero attached hydrogens (tertiary/aromatic N) is 2. The maximum absolute atomic E-state index is 12.9. The van der Waals surface area contributed by atoms with Crippen LogP contribution in [0, 0.1) is 5.92 Å². The number of Topliss-reactive ketones (excluding diaryl/α,β-unsaturated/α-hetero) is 1. The quantitative estimate of drug-likeness (QED) is 0.657. The van der Waals surface area contributed by atoms with Crippen molar-refractivity contribution < 1.29 is 9.59 Å². The molecule has 148 valence electrons. The molecular formula is C23H23N3O3. The zero-order valence-corrected chi connectivity index (χ0v) is 16.4. The van der Waals surface area contributed by atoms with Crippen molar-refractivity contribution >= 4 is 22.6 Å². The first kappa shape index (κ1) is 19.1. The van der Waals surface area contributed by atoms with Crippen LogP contribution in [-0.4, -0.2) is 28.3 Å². The number of pyridine rings is 2. The van der Waals surface area contributed by atoms with Crippen molar-refractivity contribution in [1.82, 2.24) is 14.9 Å². The van der Waals surface area contributed by atoms with Crippen molar-refractivity contribution in [3.63, 3.8) is 0 Å². The molecule has 0 radical (unpaired) electrons. The largest absolute Gasteiger partial charge is 0.355 e. The minimum Gasteiger partial charge on any atom is -0.355 e. The van der Waals surface area contributed by atoms with Crippen LogP contribution in [0.25, 0.3) is 10.9 Å². The van der Waals surface area contributed by atoms with E-state index in [0.29, 0.717) is 17.9 Å². The second kappa shape index (κ2) is 7.99. The number of nitrogens with one attached hydrogen (secondary N) is 1. The minimum atomic E-state index is -0.485. The summed E-state index contributed by atoms with van der Waals surface area (Å²) >= 11 is 0. The molecule has 1 fully saturated rings. The third kappa shape index (κ3) is 3.83. The van der Waals surface area contributed by atoms with Crippen LogP contribution >= 0.6 is 0 Å². The Hall–Kier alpha value is -3.28. The van der Waals surface area contributed by atoms with E-state index in [9.17, 15) is 14.4 Å². The van der Waals surface area contributed by atoms with Gasteiger partial charge in [0, 0.05) is 36.8 Å². The molecule has 1 aromatic carbocycles. The van der Waals surface area contributed by atoms with Crippen molar-refractivity contribution in [3.05, 3.63) is 75.8 Å². The highest BCUT2D eigenvalue weighted by Crippen LogP contribution is 2.30. The van der Waals surface area contributed by atoms with Gasteiger partial charge in [0.15, 0.2) is 5.78 Å². The number of benzene rings is 1. The summed E-state index contributed by atoms with van der Waals surface area (Å²) in [7, 11) is 1.48. The summed E-state index contributed by atoms with van der Waals surface area (Å²) in [5.41, 5.74) is 1.73. The minimum absolute atomic E-state index is 0.00896. The first-order valence-electron chi connectivity index (χ1n) is 9.89. The van der Waals surface area contributed by atoms with Crippen LogP contribution in [0.4, 0.5) is 0 Å². The van der Waals surface area contributed by atoms with Gasteiger partial charge in [-0.05, 0) is 29.7 Å². The normalized spacial score (nSPS) is 13.8. The van der Waals surface area contributed by atoms with Gasteiger partial charge in [-0.15, -0.1) is 0 Å². The van der Waals surface area contributed by atoms with E-state index in [1.807, 2.05) is 30.3 Å². The first-order valence-corrected chi connectivity index (χ1v) is 9.89. The van der Waals surface area contributed by atoms with E-state index in [4.69, 9.17) is 0 Å². The van der Waals surface area contributed by atoms with Crippen LogP contribution in [0.2, 0.25) is 0 Å². The van der Waals surface area contributed by atoms with Gasteiger partial charge in [0.2, 0.25) is 0 Å². The second-order valence-electron chi connectivity index (χ2n) is 7.57. The van der Waals surface area contributed by atoms with E-state index in [0.717, 1.165) is 35.7 Å². The van der Waals surface area contributed by atoms with Gasteiger partial charge in [-0.2, -0.15) is 0 Å². The predicted octanol–water partition coefficient (Wildman–Crippen LogP) is 3.18. The Morgan fingerprint density at radius 3 is 2.76 bits per heavy atom. The lowest BCUT2D eigenvalue weighted by molar-refractivity contribution is 0.0935. The van der Waals surface area contributed by atoms with Gasteiger partial charge in [0.05, 0.1) is 12.1 Å². The summed E-state index contributed by atoms with van der Waals surface area (Å²) in [5.74, 6) is -0.0923. The van der Waals surface area contributed by atoms with Crippen LogP contribution in [0.3, 0.4) is 0 Å². The molecule has 2 heterocycles. The molecule has 6 nitrogen and oxygen atoms in total. The van der Waals surface area contributed by atoms with Crippen LogP contribution in [0.5, 0.6) is 0 Å². The summed E-state index contributed by atoms with van der Waals surface area (Å²) in [4.78, 5) is 42.4. The lowest BCUT2D eigenvalue weighted by Gasteiger charge is -2.24.